The minimum Gasteiger partial charge on any atom is -0.437 e. The van der Waals surface area contributed by atoms with Crippen LogP contribution in [0.15, 0.2) is 407 Å². The van der Waals surface area contributed by atoms with Crippen molar-refractivity contribution in [2.75, 3.05) is 0 Å². The Bertz CT molecular complexity index is 8100. The van der Waals surface area contributed by atoms with Crippen LogP contribution in [0.3, 0.4) is 0 Å². The number of nitrogens with zero attached hydrogens (tertiary/aromatic N) is 10. The molecule has 134 heavy (non-hydrogen) atoms. The predicted molar refractivity (Wildman–Crippen MR) is 539 cm³/mol. The van der Waals surface area contributed by atoms with Gasteiger partial charge in [-0.2, -0.15) is 0 Å². The molecule has 0 bridgehead atoms. The van der Waals surface area contributed by atoms with Crippen molar-refractivity contribution in [1.29, 1.82) is 0 Å². The van der Waals surface area contributed by atoms with Gasteiger partial charge >= 0.3 is 0 Å². The number of rotatable bonds is 16. The molecule has 0 N–H and O–H groups in total. The second-order valence-electron chi connectivity index (χ2n) is 34.2. The first-order valence-corrected chi connectivity index (χ1v) is 44.7. The highest BCUT2D eigenvalue weighted by Crippen LogP contribution is 2.50. The third-order valence-corrected chi connectivity index (χ3v) is 25.9. The van der Waals surface area contributed by atoms with Gasteiger partial charge in [0.1, 0.15) is 22.3 Å². The van der Waals surface area contributed by atoms with Crippen molar-refractivity contribution < 1.29 is 17.7 Å². The standard InChI is InChI=1S/C120H76N10O4/c1-69-37-49-99-95-29-14-33-103(112(95)131-117(99)127-69)107-53-45-75(65-123-107)85-19-5-9-23-89(85)79-59-80(90-24-10-6-20-86(90)76-46-54-108(124-66-76)104-34-15-30-96-100-50-38-70(2)128-118(100)132-113(96)104)62-83(61-79)93-27-13-28-94(111(93)73-41-43-74(44-42-73)116-121-57-18-58-122-116)84-63-81(91-25-11-7-21-87(91)77-47-55-109(125-67-77)105-35-16-31-97-101-51-39-71(3)129-119(101)133-114(97)105)60-82(64-84)92-26-12-8-22-88(92)78-48-56-110(126-68-78)106-36-17-32-98-102-52-40-72(4)130-120(102)134-115(98)106/h5-68H,1-4H3. The van der Waals surface area contributed by atoms with Crippen molar-refractivity contribution in [3.63, 3.8) is 0 Å². The molecule has 13 aromatic heterocycles. The van der Waals surface area contributed by atoms with Crippen molar-refractivity contribution in [2.24, 2.45) is 0 Å². The summed E-state index contributed by atoms with van der Waals surface area (Å²) in [5, 5.41) is 7.82. The molecule has 0 atom stereocenters. The SMILES string of the molecule is Cc1ccc2c(n1)oc1c(-c3ccc(-c4ccccc4-c4cc(-c5ccccc5-c5ccc(-c6cccc7c6oc6nc(C)ccc67)nc5)cc(-c5cccc(-c6cc(-c7ccccc7-c7ccc(-c8cccc9c8oc8nc(C)ccc89)nc7)cc(-c7ccccc7-c7ccc(-c8cccc9c8oc8nc(C)ccc89)nc7)c6)c5-c5ccc(-c6ncccn6)cc5)c4)cn3)cccc12. The van der Waals surface area contributed by atoms with Gasteiger partial charge in [0.05, 0.1) is 22.8 Å². The molecule has 0 unspecified atom stereocenters. The van der Waals surface area contributed by atoms with Gasteiger partial charge in [0.2, 0.25) is 22.9 Å². The van der Waals surface area contributed by atoms with Crippen LogP contribution >= 0.6 is 0 Å². The molecule has 14 heteroatoms. The summed E-state index contributed by atoms with van der Waals surface area (Å²) >= 11 is 0. The number of aryl methyl sites for hydroxylation is 4. The van der Waals surface area contributed by atoms with Gasteiger partial charge in [0, 0.05) is 153 Å². The smallest absolute Gasteiger partial charge is 0.227 e. The highest BCUT2D eigenvalue weighted by Gasteiger charge is 2.26. The van der Waals surface area contributed by atoms with Gasteiger partial charge in [-0.05, 0) is 267 Å². The van der Waals surface area contributed by atoms with Gasteiger partial charge in [0.25, 0.3) is 0 Å². The van der Waals surface area contributed by atoms with Gasteiger partial charge in [-0.15, -0.1) is 0 Å². The van der Waals surface area contributed by atoms with Gasteiger partial charge in [-0.3, -0.25) is 19.9 Å². The molecule has 0 aliphatic rings. The zero-order chi connectivity index (χ0) is 89.2. The lowest BCUT2D eigenvalue weighted by Crippen LogP contribution is -1.96. The number of furan rings is 4. The van der Waals surface area contributed by atoms with Gasteiger partial charge in [-0.25, -0.2) is 29.9 Å². The van der Waals surface area contributed by atoms with E-state index in [9.17, 15) is 0 Å². The molecular formula is C120H76N10O4. The van der Waals surface area contributed by atoms with E-state index in [1.54, 1.807) is 12.4 Å². The zero-order valence-electron chi connectivity index (χ0n) is 73.1. The Kier molecular flexibility index (Phi) is 18.8. The van der Waals surface area contributed by atoms with Crippen LogP contribution in [0.5, 0.6) is 0 Å². The summed E-state index contributed by atoms with van der Waals surface area (Å²) in [4.78, 5) is 49.7. The molecule has 0 amide bonds. The average Bonchev–Trinajstić information content (AvgIpc) is 0.948. The summed E-state index contributed by atoms with van der Waals surface area (Å²) < 4.78 is 26.2. The first-order chi connectivity index (χ1) is 66.0. The van der Waals surface area contributed by atoms with Crippen molar-refractivity contribution in [2.45, 2.75) is 27.7 Å². The number of pyridine rings is 8. The molecular weight excluding hydrogens is 1650 g/mol. The molecule has 0 spiro atoms. The number of aromatic nitrogens is 10. The molecule has 0 saturated carbocycles. The van der Waals surface area contributed by atoms with E-state index in [2.05, 4.69) is 322 Å². The van der Waals surface area contributed by atoms with Crippen molar-refractivity contribution in [1.82, 2.24) is 49.8 Å². The van der Waals surface area contributed by atoms with Crippen molar-refractivity contribution in [3.8, 4) is 179 Å². The van der Waals surface area contributed by atoms with Crippen LogP contribution in [-0.4, -0.2) is 49.8 Å². The monoisotopic (exact) mass is 1720 g/mol. The first-order valence-electron chi connectivity index (χ1n) is 44.7. The Morgan fingerprint density at radius 2 is 0.403 bits per heavy atom. The largest absolute Gasteiger partial charge is 0.437 e. The van der Waals surface area contributed by atoms with E-state index in [1.165, 1.54) is 0 Å². The second-order valence-corrected chi connectivity index (χ2v) is 34.2. The van der Waals surface area contributed by atoms with Gasteiger partial charge in [-0.1, -0.05) is 212 Å². The number of fused-ring (bicyclic) bond motifs is 12. The quantitative estimate of drug-likeness (QED) is 0.0891. The minimum atomic E-state index is 0.604. The fraction of sp³-hybridized carbons (Fsp3) is 0.0333. The summed E-state index contributed by atoms with van der Waals surface area (Å²) in [5.74, 6) is 0.626. The van der Waals surface area contributed by atoms with Crippen molar-refractivity contribution >= 4 is 88.3 Å². The maximum absolute atomic E-state index is 6.56. The minimum absolute atomic E-state index is 0.604. The van der Waals surface area contributed by atoms with E-state index in [-0.39, 0.29) is 0 Å². The highest BCUT2D eigenvalue weighted by atomic mass is 16.4. The second kappa shape index (κ2) is 32.1. The van der Waals surface area contributed by atoms with Gasteiger partial charge < -0.3 is 17.7 Å². The van der Waals surface area contributed by atoms with E-state index < -0.39 is 0 Å². The number of hydrogen-bond donors (Lipinski definition) is 0. The molecule has 14 nitrogen and oxygen atoms in total. The highest BCUT2D eigenvalue weighted by molar-refractivity contribution is 6.13. The fourth-order valence-corrected chi connectivity index (χ4v) is 19.5. The Balaban J connectivity index is 0.680. The lowest BCUT2D eigenvalue weighted by Gasteiger charge is -2.21. The maximum Gasteiger partial charge on any atom is 0.227 e. The third-order valence-electron chi connectivity index (χ3n) is 25.9. The maximum atomic E-state index is 6.56. The molecule has 25 aromatic rings. The summed E-state index contributed by atoms with van der Waals surface area (Å²) in [6, 6.07) is 125. The van der Waals surface area contributed by atoms with Crippen LogP contribution in [0.2, 0.25) is 0 Å². The molecule has 0 fully saturated rings. The first kappa shape index (κ1) is 78.4. The molecule has 13 heterocycles. The topological polar surface area (TPSA) is 181 Å². The van der Waals surface area contributed by atoms with E-state index in [0.717, 1.165) is 261 Å². The summed E-state index contributed by atoms with van der Waals surface area (Å²) in [7, 11) is 0. The van der Waals surface area contributed by atoms with E-state index in [0.29, 0.717) is 28.7 Å². The van der Waals surface area contributed by atoms with E-state index in [1.807, 2.05) is 82.8 Å². The molecule has 630 valence electrons. The predicted octanol–water partition coefficient (Wildman–Crippen LogP) is 31.1. The normalized spacial score (nSPS) is 11.7. The Morgan fingerprint density at radius 3 is 0.672 bits per heavy atom. The molecule has 12 aromatic carbocycles. The van der Waals surface area contributed by atoms with Crippen LogP contribution < -0.4 is 0 Å². The molecule has 0 radical (unpaired) electrons. The number of para-hydroxylation sites is 4. The average molecular weight is 1720 g/mol. The Hall–Kier alpha value is -17.9. The van der Waals surface area contributed by atoms with Crippen LogP contribution in [-0.2, 0) is 0 Å². The lowest BCUT2D eigenvalue weighted by atomic mass is 9.82. The zero-order valence-corrected chi connectivity index (χ0v) is 73.1. The number of benzene rings is 12. The summed E-state index contributed by atoms with van der Waals surface area (Å²) in [6.07, 6.45) is 11.5. The van der Waals surface area contributed by atoms with E-state index in [4.69, 9.17) is 67.5 Å². The fourth-order valence-electron chi connectivity index (χ4n) is 19.5. The number of hydrogen-bond acceptors (Lipinski definition) is 14. The van der Waals surface area contributed by atoms with Crippen LogP contribution in [0, 0.1) is 27.7 Å². The molecule has 0 saturated heterocycles. The van der Waals surface area contributed by atoms with Gasteiger partial charge in [0.15, 0.2) is 5.82 Å². The molecule has 0 aliphatic heterocycles. The summed E-state index contributed by atoms with van der Waals surface area (Å²) in [6.45, 7) is 7.93. The summed E-state index contributed by atoms with van der Waals surface area (Å²) in [5.41, 5.74) is 38.3. The van der Waals surface area contributed by atoms with E-state index >= 15 is 0 Å². The molecule has 25 rings (SSSR count). The third kappa shape index (κ3) is 13.7. The molecule has 0 aliphatic carbocycles. The van der Waals surface area contributed by atoms with Crippen LogP contribution in [0.4, 0.5) is 0 Å². The Labute approximate surface area is 769 Å². The Morgan fingerprint density at radius 1 is 0.172 bits per heavy atom. The van der Waals surface area contributed by atoms with Crippen LogP contribution in [0.25, 0.3) is 267 Å². The van der Waals surface area contributed by atoms with Crippen LogP contribution in [0.1, 0.15) is 22.8 Å². The van der Waals surface area contributed by atoms with Crippen molar-refractivity contribution in [3.05, 3.63) is 412 Å². The lowest BCUT2D eigenvalue weighted by molar-refractivity contribution is 0.653.